The van der Waals surface area contributed by atoms with Crippen LogP contribution in [0.2, 0.25) is 0 Å². The monoisotopic (exact) mass is 254 g/mol. The van der Waals surface area contributed by atoms with Crippen LogP contribution in [-0.2, 0) is 4.79 Å². The molecule has 0 heterocycles. The highest BCUT2D eigenvalue weighted by molar-refractivity contribution is 5.80. The van der Waals surface area contributed by atoms with Gasteiger partial charge in [0.2, 0.25) is 5.91 Å². The first-order valence-corrected chi connectivity index (χ1v) is 7.39. The third-order valence-corrected chi connectivity index (χ3v) is 4.25. The van der Waals surface area contributed by atoms with Crippen LogP contribution in [0.4, 0.5) is 0 Å². The second-order valence-corrected chi connectivity index (χ2v) is 6.33. The van der Waals surface area contributed by atoms with Gasteiger partial charge in [0.1, 0.15) is 0 Å². The van der Waals surface area contributed by atoms with E-state index >= 15 is 0 Å². The van der Waals surface area contributed by atoms with E-state index in [4.69, 9.17) is 0 Å². The van der Waals surface area contributed by atoms with Gasteiger partial charge in [0.25, 0.3) is 0 Å². The zero-order valence-corrected chi connectivity index (χ0v) is 12.7. The summed E-state index contributed by atoms with van der Waals surface area (Å²) in [4.78, 5) is 13.5. The normalized spacial score (nSPS) is 26.8. The van der Waals surface area contributed by atoms with Crippen LogP contribution in [-0.4, -0.2) is 37.0 Å². The number of amides is 1. The molecule has 106 valence electrons. The average Bonchev–Trinajstić information content (AvgIpc) is 2.53. The van der Waals surface area contributed by atoms with E-state index in [1.165, 1.54) is 32.1 Å². The standard InChI is InChI=1S/C15H30N2O/c1-11(2)13-7-6-8-14(10-9-13)16-12(3)15(18)17(4)5/h11-14,16H,6-10H2,1-5H3. The number of rotatable bonds is 4. The first kappa shape index (κ1) is 15.5. The van der Waals surface area contributed by atoms with E-state index in [1.807, 2.05) is 21.0 Å². The molecule has 0 aliphatic heterocycles. The molecule has 1 aliphatic carbocycles. The lowest BCUT2D eigenvalue weighted by molar-refractivity contribution is -0.130. The minimum absolute atomic E-state index is 0.0550. The van der Waals surface area contributed by atoms with Crippen LogP contribution in [0.5, 0.6) is 0 Å². The second kappa shape index (κ2) is 7.13. The molecule has 1 fully saturated rings. The molecule has 0 aromatic carbocycles. The molecular weight excluding hydrogens is 224 g/mol. The molecule has 0 radical (unpaired) electrons. The van der Waals surface area contributed by atoms with Crippen molar-refractivity contribution in [2.24, 2.45) is 11.8 Å². The van der Waals surface area contributed by atoms with E-state index in [9.17, 15) is 4.79 Å². The Morgan fingerprint density at radius 3 is 2.33 bits per heavy atom. The van der Waals surface area contributed by atoms with Crippen molar-refractivity contribution >= 4 is 5.91 Å². The number of nitrogens with zero attached hydrogens (tertiary/aromatic N) is 1. The van der Waals surface area contributed by atoms with Crippen LogP contribution in [0.1, 0.15) is 52.9 Å². The maximum Gasteiger partial charge on any atom is 0.238 e. The Morgan fingerprint density at radius 2 is 1.78 bits per heavy atom. The Hall–Kier alpha value is -0.570. The summed E-state index contributed by atoms with van der Waals surface area (Å²) in [6.07, 6.45) is 6.38. The third-order valence-electron chi connectivity index (χ3n) is 4.25. The average molecular weight is 254 g/mol. The molecule has 0 aromatic rings. The lowest BCUT2D eigenvalue weighted by Crippen LogP contribution is -2.46. The fourth-order valence-corrected chi connectivity index (χ4v) is 2.98. The highest BCUT2D eigenvalue weighted by atomic mass is 16.2. The largest absolute Gasteiger partial charge is 0.347 e. The van der Waals surface area contributed by atoms with E-state index < -0.39 is 0 Å². The van der Waals surface area contributed by atoms with E-state index in [0.717, 1.165) is 11.8 Å². The Morgan fingerprint density at radius 1 is 1.11 bits per heavy atom. The summed E-state index contributed by atoms with van der Waals surface area (Å²) in [5.41, 5.74) is 0. The summed E-state index contributed by atoms with van der Waals surface area (Å²) in [7, 11) is 3.64. The van der Waals surface area contributed by atoms with Crippen molar-refractivity contribution in [3.05, 3.63) is 0 Å². The summed E-state index contributed by atoms with van der Waals surface area (Å²) < 4.78 is 0. The van der Waals surface area contributed by atoms with Crippen LogP contribution in [0.15, 0.2) is 0 Å². The Kier molecular flexibility index (Phi) is 6.13. The van der Waals surface area contributed by atoms with Gasteiger partial charge in [0.05, 0.1) is 6.04 Å². The van der Waals surface area contributed by atoms with Crippen LogP contribution in [0.3, 0.4) is 0 Å². The molecule has 0 spiro atoms. The van der Waals surface area contributed by atoms with Gasteiger partial charge < -0.3 is 10.2 Å². The molecule has 3 heteroatoms. The number of hydrogen-bond donors (Lipinski definition) is 1. The Labute approximate surface area is 112 Å². The van der Waals surface area contributed by atoms with Crippen LogP contribution >= 0.6 is 0 Å². The molecule has 0 bridgehead atoms. The summed E-state index contributed by atoms with van der Waals surface area (Å²) >= 11 is 0. The SMILES string of the molecule is CC(NC1CCCC(C(C)C)CC1)C(=O)N(C)C. The van der Waals surface area contributed by atoms with Gasteiger partial charge >= 0.3 is 0 Å². The minimum atomic E-state index is -0.0550. The molecule has 0 aromatic heterocycles. The van der Waals surface area contributed by atoms with Crippen LogP contribution in [0.25, 0.3) is 0 Å². The van der Waals surface area contributed by atoms with Gasteiger partial charge in [-0.1, -0.05) is 26.7 Å². The quantitative estimate of drug-likeness (QED) is 0.782. The zero-order chi connectivity index (χ0) is 13.7. The van der Waals surface area contributed by atoms with E-state index in [0.29, 0.717) is 6.04 Å². The molecule has 1 amide bonds. The molecule has 0 saturated heterocycles. The van der Waals surface area contributed by atoms with Crippen molar-refractivity contribution in [1.82, 2.24) is 10.2 Å². The number of hydrogen-bond acceptors (Lipinski definition) is 2. The van der Waals surface area contributed by atoms with Crippen molar-refractivity contribution in [3.63, 3.8) is 0 Å². The Balaban J connectivity index is 2.42. The van der Waals surface area contributed by atoms with E-state index in [-0.39, 0.29) is 11.9 Å². The predicted octanol–water partition coefficient (Wildman–Crippen LogP) is 2.66. The number of carbonyl (C=O) groups is 1. The molecule has 18 heavy (non-hydrogen) atoms. The zero-order valence-electron chi connectivity index (χ0n) is 12.7. The second-order valence-electron chi connectivity index (χ2n) is 6.33. The molecule has 3 unspecified atom stereocenters. The van der Waals surface area contributed by atoms with Gasteiger partial charge in [0.15, 0.2) is 0 Å². The molecule has 1 N–H and O–H groups in total. The molecule has 3 atom stereocenters. The van der Waals surface area contributed by atoms with Crippen molar-refractivity contribution in [1.29, 1.82) is 0 Å². The fourth-order valence-electron chi connectivity index (χ4n) is 2.98. The first-order valence-electron chi connectivity index (χ1n) is 7.39. The lowest BCUT2D eigenvalue weighted by atomic mass is 9.89. The number of carbonyl (C=O) groups excluding carboxylic acids is 1. The first-order chi connectivity index (χ1) is 8.41. The summed E-state index contributed by atoms with van der Waals surface area (Å²) in [6.45, 7) is 6.64. The van der Waals surface area contributed by atoms with E-state index in [2.05, 4.69) is 19.2 Å². The molecule has 1 aliphatic rings. The van der Waals surface area contributed by atoms with Crippen molar-refractivity contribution in [3.8, 4) is 0 Å². The fraction of sp³-hybridized carbons (Fsp3) is 0.933. The molecule has 1 rings (SSSR count). The highest BCUT2D eigenvalue weighted by Gasteiger charge is 2.24. The van der Waals surface area contributed by atoms with Crippen molar-refractivity contribution in [2.75, 3.05) is 14.1 Å². The summed E-state index contributed by atoms with van der Waals surface area (Å²) in [5.74, 6) is 1.85. The van der Waals surface area contributed by atoms with E-state index in [1.54, 1.807) is 4.90 Å². The van der Waals surface area contributed by atoms with Gasteiger partial charge in [-0.15, -0.1) is 0 Å². The lowest BCUT2D eigenvalue weighted by Gasteiger charge is -2.24. The molecule has 3 nitrogen and oxygen atoms in total. The predicted molar refractivity (Wildman–Crippen MR) is 76.5 cm³/mol. The Bertz CT molecular complexity index is 263. The van der Waals surface area contributed by atoms with Gasteiger partial charge in [-0.3, -0.25) is 4.79 Å². The maximum absolute atomic E-state index is 11.8. The van der Waals surface area contributed by atoms with Gasteiger partial charge in [-0.2, -0.15) is 0 Å². The highest BCUT2D eigenvalue weighted by Crippen LogP contribution is 2.28. The minimum Gasteiger partial charge on any atom is -0.347 e. The number of likely N-dealkylation sites (N-methyl/N-ethyl adjacent to an activating group) is 1. The topological polar surface area (TPSA) is 32.3 Å². The smallest absolute Gasteiger partial charge is 0.238 e. The molecule has 1 saturated carbocycles. The van der Waals surface area contributed by atoms with Crippen molar-refractivity contribution < 1.29 is 4.79 Å². The van der Waals surface area contributed by atoms with Gasteiger partial charge in [-0.25, -0.2) is 0 Å². The number of nitrogens with one attached hydrogen (secondary N) is 1. The van der Waals surface area contributed by atoms with Crippen LogP contribution < -0.4 is 5.32 Å². The van der Waals surface area contributed by atoms with Crippen molar-refractivity contribution in [2.45, 2.75) is 65.0 Å². The van der Waals surface area contributed by atoms with Gasteiger partial charge in [0, 0.05) is 20.1 Å². The summed E-state index contributed by atoms with van der Waals surface area (Å²) in [5, 5.41) is 3.51. The third kappa shape index (κ3) is 4.60. The molecular formula is C15H30N2O. The maximum atomic E-state index is 11.8. The van der Waals surface area contributed by atoms with Gasteiger partial charge in [-0.05, 0) is 38.0 Å². The summed E-state index contributed by atoms with van der Waals surface area (Å²) in [6, 6.07) is 0.466. The van der Waals surface area contributed by atoms with Crippen LogP contribution in [0, 0.1) is 11.8 Å².